The Morgan fingerprint density at radius 2 is 1.81 bits per heavy atom. The van der Waals surface area contributed by atoms with Gasteiger partial charge in [-0.25, -0.2) is 4.98 Å². The summed E-state index contributed by atoms with van der Waals surface area (Å²) in [5, 5.41) is 5.41. The molecule has 0 saturated carbocycles. The SMILES string of the molecule is C[C@@H](c1nc2ccccc2s1)N(C)c1cnn(-c2ccccc2)c(=O)c1Cl. The molecule has 0 spiro atoms. The van der Waals surface area contributed by atoms with Gasteiger partial charge in [0.25, 0.3) is 5.56 Å². The lowest BCUT2D eigenvalue weighted by molar-refractivity contribution is 0.721. The second-order valence-corrected chi connectivity index (χ2v) is 7.64. The Hall–Kier alpha value is -2.70. The van der Waals surface area contributed by atoms with Crippen LogP contribution in [-0.4, -0.2) is 21.8 Å². The average Bonchev–Trinajstić information content (AvgIpc) is 3.14. The van der Waals surface area contributed by atoms with Crippen molar-refractivity contribution in [3.05, 3.63) is 81.2 Å². The summed E-state index contributed by atoms with van der Waals surface area (Å²) in [5.74, 6) is 0. The fourth-order valence-corrected chi connectivity index (χ4v) is 4.19. The van der Waals surface area contributed by atoms with Crippen molar-refractivity contribution in [2.75, 3.05) is 11.9 Å². The van der Waals surface area contributed by atoms with E-state index < -0.39 is 0 Å². The lowest BCUT2D eigenvalue weighted by atomic mass is 10.2. The minimum Gasteiger partial charge on any atom is -0.363 e. The van der Waals surface area contributed by atoms with Gasteiger partial charge in [-0.05, 0) is 31.2 Å². The average molecular weight is 397 g/mol. The second kappa shape index (κ2) is 7.13. The number of aromatic nitrogens is 3. The molecule has 136 valence electrons. The van der Waals surface area contributed by atoms with Crippen LogP contribution < -0.4 is 10.5 Å². The number of halogens is 1. The molecule has 1 atom stereocenters. The predicted octanol–water partition coefficient (Wildman–Crippen LogP) is 4.69. The highest BCUT2D eigenvalue weighted by molar-refractivity contribution is 7.18. The largest absolute Gasteiger partial charge is 0.363 e. The number of hydrogen-bond acceptors (Lipinski definition) is 5. The third-order valence-electron chi connectivity index (χ3n) is 4.53. The fraction of sp³-hybridized carbons (Fsp3) is 0.150. The van der Waals surface area contributed by atoms with E-state index in [9.17, 15) is 4.79 Å². The highest BCUT2D eigenvalue weighted by Crippen LogP contribution is 2.33. The second-order valence-electron chi connectivity index (χ2n) is 6.20. The van der Waals surface area contributed by atoms with Crippen LogP contribution in [0.15, 0.2) is 65.6 Å². The minimum absolute atomic E-state index is 0.0475. The van der Waals surface area contributed by atoms with E-state index in [1.165, 1.54) is 4.68 Å². The van der Waals surface area contributed by atoms with Gasteiger partial charge in [-0.1, -0.05) is 41.9 Å². The zero-order chi connectivity index (χ0) is 19.0. The van der Waals surface area contributed by atoms with Crippen molar-refractivity contribution in [3.8, 4) is 5.69 Å². The monoisotopic (exact) mass is 396 g/mol. The predicted molar refractivity (Wildman–Crippen MR) is 111 cm³/mol. The zero-order valence-corrected chi connectivity index (χ0v) is 16.4. The van der Waals surface area contributed by atoms with Crippen molar-refractivity contribution < 1.29 is 0 Å². The highest BCUT2D eigenvalue weighted by atomic mass is 35.5. The van der Waals surface area contributed by atoms with Crippen LogP contribution in [-0.2, 0) is 0 Å². The molecule has 5 nitrogen and oxygen atoms in total. The molecule has 0 fully saturated rings. The van der Waals surface area contributed by atoms with Crippen LogP contribution in [0.4, 0.5) is 5.69 Å². The van der Waals surface area contributed by atoms with Crippen molar-refractivity contribution in [1.82, 2.24) is 14.8 Å². The Balaban J connectivity index is 1.70. The van der Waals surface area contributed by atoms with E-state index in [-0.39, 0.29) is 16.6 Å². The van der Waals surface area contributed by atoms with Crippen LogP contribution in [0.25, 0.3) is 15.9 Å². The summed E-state index contributed by atoms with van der Waals surface area (Å²) in [5.41, 5.74) is 1.89. The van der Waals surface area contributed by atoms with E-state index in [1.54, 1.807) is 17.5 Å². The van der Waals surface area contributed by atoms with Crippen molar-refractivity contribution in [2.24, 2.45) is 0 Å². The summed E-state index contributed by atoms with van der Waals surface area (Å²) in [6.07, 6.45) is 1.63. The molecule has 4 rings (SSSR count). The molecule has 2 heterocycles. The Labute approximate surface area is 165 Å². The number of nitrogens with zero attached hydrogens (tertiary/aromatic N) is 4. The van der Waals surface area contributed by atoms with Crippen LogP contribution in [0.2, 0.25) is 5.02 Å². The van der Waals surface area contributed by atoms with Gasteiger partial charge in [-0.2, -0.15) is 9.78 Å². The number of hydrogen-bond donors (Lipinski definition) is 0. The Morgan fingerprint density at radius 1 is 1.11 bits per heavy atom. The van der Waals surface area contributed by atoms with Crippen molar-refractivity contribution >= 4 is 38.8 Å². The van der Waals surface area contributed by atoms with E-state index in [2.05, 4.69) is 11.2 Å². The van der Waals surface area contributed by atoms with Crippen molar-refractivity contribution in [2.45, 2.75) is 13.0 Å². The van der Waals surface area contributed by atoms with Gasteiger partial charge in [0.05, 0.1) is 33.8 Å². The molecule has 0 N–H and O–H groups in total. The standard InChI is InChI=1S/C20H17ClN4OS/c1-13(19-23-15-10-6-7-11-17(15)27-19)24(2)16-12-22-25(20(26)18(16)21)14-8-4-3-5-9-14/h3-13H,1-2H3/t13-/m0/s1. The Kier molecular flexibility index (Phi) is 4.68. The topological polar surface area (TPSA) is 51.0 Å². The molecule has 7 heteroatoms. The molecule has 27 heavy (non-hydrogen) atoms. The number of benzene rings is 2. The summed E-state index contributed by atoms with van der Waals surface area (Å²) in [6.45, 7) is 2.04. The Bertz CT molecular complexity index is 1120. The third kappa shape index (κ3) is 3.22. The first-order valence-electron chi connectivity index (χ1n) is 8.48. The number of anilines is 1. The molecular weight excluding hydrogens is 380 g/mol. The molecule has 0 amide bonds. The Morgan fingerprint density at radius 3 is 2.56 bits per heavy atom. The van der Waals surface area contributed by atoms with E-state index in [0.29, 0.717) is 11.4 Å². The molecule has 2 aromatic heterocycles. The first kappa shape index (κ1) is 17.7. The third-order valence-corrected chi connectivity index (χ3v) is 6.09. The van der Waals surface area contributed by atoms with Crippen LogP contribution >= 0.6 is 22.9 Å². The molecule has 4 aromatic rings. The van der Waals surface area contributed by atoms with E-state index in [4.69, 9.17) is 16.6 Å². The van der Waals surface area contributed by atoms with E-state index in [1.807, 2.05) is 67.4 Å². The molecule has 0 aliphatic carbocycles. The van der Waals surface area contributed by atoms with E-state index in [0.717, 1.165) is 15.2 Å². The molecule has 2 aromatic carbocycles. The number of fused-ring (bicyclic) bond motifs is 1. The zero-order valence-electron chi connectivity index (χ0n) is 14.8. The van der Waals surface area contributed by atoms with E-state index >= 15 is 0 Å². The van der Waals surface area contributed by atoms with Gasteiger partial charge in [0.1, 0.15) is 10.0 Å². The van der Waals surface area contributed by atoms with Gasteiger partial charge in [-0.15, -0.1) is 11.3 Å². The van der Waals surface area contributed by atoms with Gasteiger partial charge in [0.2, 0.25) is 0 Å². The van der Waals surface area contributed by atoms with Crippen molar-refractivity contribution in [1.29, 1.82) is 0 Å². The maximum Gasteiger partial charge on any atom is 0.292 e. The molecule has 0 unspecified atom stereocenters. The maximum atomic E-state index is 12.7. The van der Waals surface area contributed by atoms with Crippen LogP contribution in [0.1, 0.15) is 18.0 Å². The smallest absolute Gasteiger partial charge is 0.292 e. The molecular formula is C20H17ClN4OS. The fourth-order valence-electron chi connectivity index (χ4n) is 2.87. The van der Waals surface area contributed by atoms with Crippen molar-refractivity contribution in [3.63, 3.8) is 0 Å². The van der Waals surface area contributed by atoms with Crippen LogP contribution in [0.3, 0.4) is 0 Å². The molecule has 0 aliphatic rings. The summed E-state index contributed by atoms with van der Waals surface area (Å²) in [4.78, 5) is 19.4. The number of rotatable bonds is 4. The summed E-state index contributed by atoms with van der Waals surface area (Å²) < 4.78 is 2.44. The van der Waals surface area contributed by atoms with Crippen LogP contribution in [0.5, 0.6) is 0 Å². The number of para-hydroxylation sites is 2. The summed E-state index contributed by atoms with van der Waals surface area (Å²) in [7, 11) is 1.89. The minimum atomic E-state index is -0.344. The summed E-state index contributed by atoms with van der Waals surface area (Å²) in [6, 6.07) is 17.2. The molecule has 0 saturated heterocycles. The normalized spacial score (nSPS) is 12.3. The quantitative estimate of drug-likeness (QED) is 0.502. The maximum absolute atomic E-state index is 12.7. The van der Waals surface area contributed by atoms with Crippen LogP contribution in [0, 0.1) is 0 Å². The first-order chi connectivity index (χ1) is 13.1. The molecule has 0 aliphatic heterocycles. The molecule has 0 radical (unpaired) electrons. The van der Waals surface area contributed by atoms with Gasteiger partial charge in [-0.3, -0.25) is 4.79 Å². The van der Waals surface area contributed by atoms with Gasteiger partial charge >= 0.3 is 0 Å². The summed E-state index contributed by atoms with van der Waals surface area (Å²) >= 11 is 8.06. The first-order valence-corrected chi connectivity index (χ1v) is 9.67. The highest BCUT2D eigenvalue weighted by Gasteiger charge is 2.21. The lowest BCUT2D eigenvalue weighted by Crippen LogP contribution is -2.28. The lowest BCUT2D eigenvalue weighted by Gasteiger charge is -2.26. The van der Waals surface area contributed by atoms with Gasteiger partial charge < -0.3 is 4.90 Å². The molecule has 0 bridgehead atoms. The van der Waals surface area contributed by atoms with Gasteiger partial charge in [0.15, 0.2) is 0 Å². The van der Waals surface area contributed by atoms with Gasteiger partial charge in [0, 0.05) is 7.05 Å². The number of thiazole rings is 1.